The van der Waals surface area contributed by atoms with E-state index >= 15 is 0 Å². The summed E-state index contributed by atoms with van der Waals surface area (Å²) in [7, 11) is 3.09. The van der Waals surface area contributed by atoms with Crippen LogP contribution < -0.4 is 18.9 Å². The first-order chi connectivity index (χ1) is 16.4. The highest BCUT2D eigenvalue weighted by Gasteiger charge is 2.47. The van der Waals surface area contributed by atoms with E-state index in [9.17, 15) is 9.59 Å². The Morgan fingerprint density at radius 3 is 2.24 bits per heavy atom. The second-order valence-electron chi connectivity index (χ2n) is 8.47. The number of esters is 2. The van der Waals surface area contributed by atoms with Gasteiger partial charge in [0.1, 0.15) is 0 Å². The normalized spacial score (nSPS) is 23.0. The van der Waals surface area contributed by atoms with Crippen LogP contribution in [0, 0.1) is 11.8 Å². The van der Waals surface area contributed by atoms with Crippen molar-refractivity contribution in [3.05, 3.63) is 47.0 Å². The van der Waals surface area contributed by atoms with Gasteiger partial charge in [-0.25, -0.2) is 0 Å². The molecule has 34 heavy (non-hydrogen) atoms. The monoisotopic (exact) mass is 470 g/mol. The zero-order chi connectivity index (χ0) is 24.4. The van der Waals surface area contributed by atoms with Crippen molar-refractivity contribution in [3.63, 3.8) is 0 Å². The Bertz CT molecular complexity index is 1080. The van der Waals surface area contributed by atoms with E-state index in [0.717, 1.165) is 23.1 Å². The lowest BCUT2D eigenvalue weighted by molar-refractivity contribution is -0.132. The maximum atomic E-state index is 11.7. The Kier molecular flexibility index (Phi) is 7.09. The van der Waals surface area contributed by atoms with E-state index in [0.29, 0.717) is 36.2 Å². The molecule has 1 aliphatic carbocycles. The summed E-state index contributed by atoms with van der Waals surface area (Å²) >= 11 is 0. The lowest BCUT2D eigenvalue weighted by Gasteiger charge is -2.37. The molecule has 2 aliphatic rings. The molecule has 0 amide bonds. The summed E-state index contributed by atoms with van der Waals surface area (Å²) < 4.78 is 33.8. The lowest BCUT2D eigenvalue weighted by Crippen LogP contribution is -2.34. The summed E-state index contributed by atoms with van der Waals surface area (Å²) in [5, 5.41) is 0. The molecule has 4 rings (SSSR count). The molecule has 8 heteroatoms. The predicted molar refractivity (Wildman–Crippen MR) is 122 cm³/mol. The first-order valence-corrected chi connectivity index (χ1v) is 11.3. The summed E-state index contributed by atoms with van der Waals surface area (Å²) in [6, 6.07) is 9.38. The quantitative estimate of drug-likeness (QED) is 0.445. The van der Waals surface area contributed by atoms with E-state index in [1.165, 1.54) is 21.0 Å². The molecule has 0 N–H and O–H groups in total. The fourth-order valence-electron chi connectivity index (χ4n) is 5.09. The molecule has 8 nitrogen and oxygen atoms in total. The zero-order valence-corrected chi connectivity index (χ0v) is 20.1. The van der Waals surface area contributed by atoms with Gasteiger partial charge in [-0.05, 0) is 54.3 Å². The van der Waals surface area contributed by atoms with Crippen LogP contribution in [0.1, 0.15) is 43.4 Å². The topological polar surface area (TPSA) is 89.5 Å². The largest absolute Gasteiger partial charge is 0.493 e. The van der Waals surface area contributed by atoms with Gasteiger partial charge < -0.3 is 28.4 Å². The number of methoxy groups -OCH3 is 2. The van der Waals surface area contributed by atoms with E-state index in [1.54, 1.807) is 13.2 Å². The van der Waals surface area contributed by atoms with Crippen molar-refractivity contribution in [3.8, 4) is 23.0 Å². The summed E-state index contributed by atoms with van der Waals surface area (Å²) in [5.41, 5.74) is 3.09. The van der Waals surface area contributed by atoms with Gasteiger partial charge in [0.2, 0.25) is 0 Å². The SMILES string of the molecule is CCOC1OCC2C(c3ccc(OC(C)=O)c(OC)c3)c3cc(OC(C)=O)c(OC)cc3CC12. The zero-order valence-electron chi connectivity index (χ0n) is 20.1. The first-order valence-electron chi connectivity index (χ1n) is 11.3. The van der Waals surface area contributed by atoms with Gasteiger partial charge in [-0.15, -0.1) is 0 Å². The Morgan fingerprint density at radius 1 is 0.912 bits per heavy atom. The molecule has 1 fully saturated rings. The third-order valence-electron chi connectivity index (χ3n) is 6.38. The second kappa shape index (κ2) is 10.0. The van der Waals surface area contributed by atoms with Crippen LogP contribution in [0.4, 0.5) is 0 Å². The molecule has 4 unspecified atom stereocenters. The summed E-state index contributed by atoms with van der Waals surface area (Å²) in [6.45, 7) is 5.76. The summed E-state index contributed by atoms with van der Waals surface area (Å²) in [6.07, 6.45) is 0.451. The van der Waals surface area contributed by atoms with Crippen molar-refractivity contribution < 1.29 is 38.0 Å². The molecule has 0 spiro atoms. The van der Waals surface area contributed by atoms with Crippen molar-refractivity contribution in [1.29, 1.82) is 0 Å². The molecule has 182 valence electrons. The van der Waals surface area contributed by atoms with Gasteiger partial charge in [0, 0.05) is 38.2 Å². The number of benzene rings is 2. The molecule has 2 aromatic carbocycles. The Labute approximate surface area is 199 Å². The number of hydrogen-bond donors (Lipinski definition) is 0. The minimum Gasteiger partial charge on any atom is -0.493 e. The number of ether oxygens (including phenoxy) is 6. The van der Waals surface area contributed by atoms with Gasteiger partial charge in [0.05, 0.1) is 20.8 Å². The minimum absolute atomic E-state index is 0.0836. The Morgan fingerprint density at radius 2 is 1.59 bits per heavy atom. The summed E-state index contributed by atoms with van der Waals surface area (Å²) in [4.78, 5) is 23.2. The molecule has 1 aliphatic heterocycles. The van der Waals surface area contributed by atoms with E-state index < -0.39 is 11.9 Å². The smallest absolute Gasteiger partial charge is 0.308 e. The molecule has 0 saturated carbocycles. The first kappa shape index (κ1) is 24.0. The van der Waals surface area contributed by atoms with Crippen LogP contribution in [0.15, 0.2) is 30.3 Å². The van der Waals surface area contributed by atoms with Crippen LogP contribution in [-0.4, -0.2) is 45.7 Å². The molecule has 1 heterocycles. The van der Waals surface area contributed by atoms with E-state index in [1.807, 2.05) is 31.2 Å². The maximum Gasteiger partial charge on any atom is 0.308 e. The van der Waals surface area contributed by atoms with Crippen LogP contribution in [0.25, 0.3) is 0 Å². The molecule has 0 aromatic heterocycles. The van der Waals surface area contributed by atoms with E-state index in [4.69, 9.17) is 28.4 Å². The third-order valence-corrected chi connectivity index (χ3v) is 6.38. The van der Waals surface area contributed by atoms with Crippen LogP contribution in [0.2, 0.25) is 0 Å². The van der Waals surface area contributed by atoms with E-state index in [-0.39, 0.29) is 24.0 Å². The van der Waals surface area contributed by atoms with Crippen LogP contribution >= 0.6 is 0 Å². The molecule has 0 bridgehead atoms. The van der Waals surface area contributed by atoms with Crippen molar-refractivity contribution in [1.82, 2.24) is 0 Å². The predicted octanol–water partition coefficient (Wildman–Crippen LogP) is 3.87. The fourth-order valence-corrected chi connectivity index (χ4v) is 5.09. The number of fused-ring (bicyclic) bond motifs is 2. The maximum absolute atomic E-state index is 11.7. The molecule has 4 atom stereocenters. The Hall–Kier alpha value is -3.10. The van der Waals surface area contributed by atoms with Crippen LogP contribution in [-0.2, 0) is 25.5 Å². The lowest BCUT2D eigenvalue weighted by atomic mass is 9.67. The minimum atomic E-state index is -0.420. The number of rotatable bonds is 7. The molecule has 2 aromatic rings. The Balaban J connectivity index is 1.85. The third kappa shape index (κ3) is 4.60. The highest BCUT2D eigenvalue weighted by molar-refractivity contribution is 5.71. The van der Waals surface area contributed by atoms with Crippen LogP contribution in [0.3, 0.4) is 0 Å². The van der Waals surface area contributed by atoms with Gasteiger partial charge in [-0.2, -0.15) is 0 Å². The van der Waals surface area contributed by atoms with Gasteiger partial charge >= 0.3 is 11.9 Å². The van der Waals surface area contributed by atoms with Crippen molar-refractivity contribution >= 4 is 11.9 Å². The number of carbonyl (C=O) groups excluding carboxylic acids is 2. The highest BCUT2D eigenvalue weighted by atomic mass is 16.7. The molecule has 0 radical (unpaired) electrons. The average Bonchev–Trinajstić information content (AvgIpc) is 3.19. The molecular formula is C26H30O8. The number of hydrogen-bond acceptors (Lipinski definition) is 8. The highest BCUT2D eigenvalue weighted by Crippen LogP contribution is 2.51. The van der Waals surface area contributed by atoms with Gasteiger partial charge in [-0.3, -0.25) is 9.59 Å². The second-order valence-corrected chi connectivity index (χ2v) is 8.47. The van der Waals surface area contributed by atoms with Crippen LogP contribution in [0.5, 0.6) is 23.0 Å². The summed E-state index contributed by atoms with van der Waals surface area (Å²) in [5.74, 6) is 1.05. The number of carbonyl (C=O) groups is 2. The fraction of sp³-hybridized carbons (Fsp3) is 0.462. The van der Waals surface area contributed by atoms with Crippen molar-refractivity contribution in [2.75, 3.05) is 27.4 Å². The molecule has 1 saturated heterocycles. The molecular weight excluding hydrogens is 440 g/mol. The van der Waals surface area contributed by atoms with E-state index in [2.05, 4.69) is 0 Å². The van der Waals surface area contributed by atoms with Crippen molar-refractivity contribution in [2.45, 2.75) is 39.4 Å². The average molecular weight is 471 g/mol. The van der Waals surface area contributed by atoms with Gasteiger partial charge in [-0.1, -0.05) is 6.07 Å². The van der Waals surface area contributed by atoms with Gasteiger partial charge in [0.25, 0.3) is 0 Å². The van der Waals surface area contributed by atoms with Gasteiger partial charge in [0.15, 0.2) is 29.3 Å². The standard InChI is InChI=1S/C26H30O8/c1-6-31-26-19-9-17-11-23(30-5)24(34-15(3)28)12-18(17)25(20(19)13-32-26)16-7-8-21(33-14(2)27)22(10-16)29-4/h7-8,10-12,19-20,25-26H,6,9,13H2,1-5H3. The van der Waals surface area contributed by atoms with Crippen molar-refractivity contribution in [2.24, 2.45) is 11.8 Å².